The SMILES string of the molecule is COc1ccc(C(CNC(=O)c2cn(-c3ccccc3)nc2-c2cccs2)N2CCOCC2)cc1. The van der Waals surface area contributed by atoms with Gasteiger partial charge in [-0.15, -0.1) is 11.3 Å². The second-order valence-corrected chi connectivity index (χ2v) is 9.24. The van der Waals surface area contributed by atoms with Gasteiger partial charge >= 0.3 is 0 Å². The van der Waals surface area contributed by atoms with E-state index in [-0.39, 0.29) is 11.9 Å². The van der Waals surface area contributed by atoms with Crippen LogP contribution in [0.2, 0.25) is 0 Å². The monoisotopic (exact) mass is 488 g/mol. The lowest BCUT2D eigenvalue weighted by molar-refractivity contribution is 0.0162. The van der Waals surface area contributed by atoms with Crippen molar-refractivity contribution >= 4 is 17.2 Å². The van der Waals surface area contributed by atoms with E-state index in [4.69, 9.17) is 14.6 Å². The topological polar surface area (TPSA) is 68.6 Å². The number of hydrogen-bond donors (Lipinski definition) is 1. The Labute approximate surface area is 208 Å². The Kier molecular flexibility index (Phi) is 7.23. The number of nitrogens with one attached hydrogen (secondary N) is 1. The summed E-state index contributed by atoms with van der Waals surface area (Å²) >= 11 is 1.57. The summed E-state index contributed by atoms with van der Waals surface area (Å²) in [6, 6.07) is 21.9. The van der Waals surface area contributed by atoms with Gasteiger partial charge in [0.05, 0.1) is 42.5 Å². The van der Waals surface area contributed by atoms with Gasteiger partial charge in [0, 0.05) is 25.8 Å². The van der Waals surface area contributed by atoms with E-state index in [1.807, 2.05) is 66.2 Å². The average Bonchev–Trinajstić information content (AvgIpc) is 3.61. The molecule has 4 aromatic rings. The predicted octanol–water partition coefficient (Wildman–Crippen LogP) is 4.41. The summed E-state index contributed by atoms with van der Waals surface area (Å²) < 4.78 is 12.7. The molecule has 1 unspecified atom stereocenters. The fourth-order valence-corrected chi connectivity index (χ4v) is 5.03. The van der Waals surface area contributed by atoms with Gasteiger partial charge in [-0.1, -0.05) is 36.4 Å². The summed E-state index contributed by atoms with van der Waals surface area (Å²) in [5, 5.41) is 9.95. The number of carbonyl (C=O) groups is 1. The highest BCUT2D eigenvalue weighted by Gasteiger charge is 2.25. The summed E-state index contributed by atoms with van der Waals surface area (Å²) in [7, 11) is 1.66. The standard InChI is InChI=1S/C27H28N4O3S/c1-33-22-11-9-20(10-12-22)24(30-13-15-34-16-14-30)18-28-27(32)23-19-31(21-6-3-2-4-7-21)29-26(23)25-8-5-17-35-25/h2-12,17,19,24H,13-16,18H2,1H3,(H,28,32). The van der Waals surface area contributed by atoms with Gasteiger partial charge in [0.1, 0.15) is 11.4 Å². The zero-order valence-corrected chi connectivity index (χ0v) is 20.4. The summed E-state index contributed by atoms with van der Waals surface area (Å²) in [5.74, 6) is 0.676. The Bertz CT molecular complexity index is 1230. The van der Waals surface area contributed by atoms with Crippen molar-refractivity contribution in [3.05, 3.63) is 89.4 Å². The molecule has 1 aliphatic rings. The molecule has 1 aliphatic heterocycles. The van der Waals surface area contributed by atoms with E-state index in [0.29, 0.717) is 31.0 Å². The number of carbonyl (C=O) groups excluding carboxylic acids is 1. The van der Waals surface area contributed by atoms with Gasteiger partial charge < -0.3 is 14.8 Å². The molecule has 0 spiro atoms. The molecular formula is C27H28N4O3S. The normalized spacial score (nSPS) is 15.0. The van der Waals surface area contributed by atoms with Crippen LogP contribution in [0.15, 0.2) is 78.3 Å². The van der Waals surface area contributed by atoms with Crippen molar-refractivity contribution in [1.82, 2.24) is 20.0 Å². The number of para-hydroxylation sites is 1. The van der Waals surface area contributed by atoms with Crippen LogP contribution in [0.25, 0.3) is 16.3 Å². The van der Waals surface area contributed by atoms with Gasteiger partial charge in [0.25, 0.3) is 5.91 Å². The largest absolute Gasteiger partial charge is 0.497 e. The van der Waals surface area contributed by atoms with Gasteiger partial charge in [0.2, 0.25) is 0 Å². The highest BCUT2D eigenvalue weighted by atomic mass is 32.1. The minimum atomic E-state index is -0.137. The molecule has 0 saturated carbocycles. The maximum Gasteiger partial charge on any atom is 0.255 e. The zero-order valence-electron chi connectivity index (χ0n) is 19.6. The molecular weight excluding hydrogens is 460 g/mol. The number of rotatable bonds is 8. The van der Waals surface area contributed by atoms with E-state index < -0.39 is 0 Å². The van der Waals surface area contributed by atoms with E-state index in [0.717, 1.165) is 35.0 Å². The van der Waals surface area contributed by atoms with E-state index in [2.05, 4.69) is 22.3 Å². The fourth-order valence-electron chi connectivity index (χ4n) is 4.31. The van der Waals surface area contributed by atoms with Crippen LogP contribution in [-0.4, -0.2) is 60.5 Å². The average molecular weight is 489 g/mol. The molecule has 35 heavy (non-hydrogen) atoms. The van der Waals surface area contributed by atoms with Gasteiger partial charge in [-0.25, -0.2) is 4.68 Å². The molecule has 5 rings (SSSR count). The Morgan fingerprint density at radius 1 is 1.09 bits per heavy atom. The molecule has 0 aliphatic carbocycles. The molecule has 1 N–H and O–H groups in total. The number of thiophene rings is 1. The molecule has 8 heteroatoms. The first-order valence-electron chi connectivity index (χ1n) is 11.7. The lowest BCUT2D eigenvalue weighted by Crippen LogP contribution is -2.43. The maximum absolute atomic E-state index is 13.5. The third-order valence-corrected chi connectivity index (χ3v) is 7.05. The molecule has 1 amide bonds. The van der Waals surface area contributed by atoms with Crippen LogP contribution in [0.3, 0.4) is 0 Å². The molecule has 3 heterocycles. The van der Waals surface area contributed by atoms with Crippen LogP contribution >= 0.6 is 11.3 Å². The van der Waals surface area contributed by atoms with E-state index >= 15 is 0 Å². The molecule has 1 fully saturated rings. The van der Waals surface area contributed by atoms with Crippen molar-refractivity contribution < 1.29 is 14.3 Å². The third-order valence-electron chi connectivity index (χ3n) is 6.18. The fraction of sp³-hybridized carbons (Fsp3) is 0.259. The lowest BCUT2D eigenvalue weighted by atomic mass is 10.0. The van der Waals surface area contributed by atoms with Crippen LogP contribution in [-0.2, 0) is 4.74 Å². The zero-order chi connectivity index (χ0) is 24.0. The number of ether oxygens (including phenoxy) is 2. The molecule has 2 aromatic carbocycles. The van der Waals surface area contributed by atoms with Gasteiger partial charge in [-0.3, -0.25) is 9.69 Å². The highest BCUT2D eigenvalue weighted by molar-refractivity contribution is 7.13. The van der Waals surface area contributed by atoms with Crippen molar-refractivity contribution in [3.8, 4) is 22.0 Å². The molecule has 7 nitrogen and oxygen atoms in total. The van der Waals surface area contributed by atoms with Crippen molar-refractivity contribution in [3.63, 3.8) is 0 Å². The molecule has 180 valence electrons. The summed E-state index contributed by atoms with van der Waals surface area (Å²) in [5.41, 5.74) is 3.29. The van der Waals surface area contributed by atoms with E-state index in [1.54, 1.807) is 23.1 Å². The third kappa shape index (κ3) is 5.30. The minimum Gasteiger partial charge on any atom is -0.497 e. The molecule has 1 saturated heterocycles. The van der Waals surface area contributed by atoms with Gasteiger partial charge in [-0.05, 0) is 41.3 Å². The Hall–Kier alpha value is -3.46. The minimum absolute atomic E-state index is 0.0307. The Morgan fingerprint density at radius 3 is 2.54 bits per heavy atom. The summed E-state index contributed by atoms with van der Waals surface area (Å²) in [6.07, 6.45) is 1.82. The molecule has 0 bridgehead atoms. The van der Waals surface area contributed by atoms with Crippen molar-refractivity contribution in [2.24, 2.45) is 0 Å². The quantitative estimate of drug-likeness (QED) is 0.398. The number of nitrogens with zero attached hydrogens (tertiary/aromatic N) is 3. The first-order valence-corrected chi connectivity index (χ1v) is 12.5. The van der Waals surface area contributed by atoms with Crippen LogP contribution < -0.4 is 10.1 Å². The number of aromatic nitrogens is 2. The van der Waals surface area contributed by atoms with Crippen LogP contribution in [0.1, 0.15) is 22.0 Å². The van der Waals surface area contributed by atoms with Crippen molar-refractivity contribution in [2.75, 3.05) is 40.0 Å². The predicted molar refractivity (Wildman–Crippen MR) is 137 cm³/mol. The molecule has 0 radical (unpaired) electrons. The molecule has 1 atom stereocenters. The number of amides is 1. The lowest BCUT2D eigenvalue weighted by Gasteiger charge is -2.35. The molecule has 2 aromatic heterocycles. The van der Waals surface area contributed by atoms with E-state index in [9.17, 15) is 4.79 Å². The van der Waals surface area contributed by atoms with Gasteiger partial charge in [-0.2, -0.15) is 5.10 Å². The first kappa shape index (κ1) is 23.3. The number of morpholine rings is 1. The summed E-state index contributed by atoms with van der Waals surface area (Å²) in [4.78, 5) is 16.8. The Morgan fingerprint density at radius 2 is 1.86 bits per heavy atom. The number of methoxy groups -OCH3 is 1. The highest BCUT2D eigenvalue weighted by Crippen LogP contribution is 2.28. The summed E-state index contributed by atoms with van der Waals surface area (Å²) in [6.45, 7) is 3.49. The second-order valence-electron chi connectivity index (χ2n) is 8.30. The maximum atomic E-state index is 13.5. The Balaban J connectivity index is 1.40. The first-order chi connectivity index (χ1) is 17.2. The van der Waals surface area contributed by atoms with Gasteiger partial charge in [0.15, 0.2) is 0 Å². The van der Waals surface area contributed by atoms with Crippen LogP contribution in [0.5, 0.6) is 5.75 Å². The number of benzene rings is 2. The van der Waals surface area contributed by atoms with E-state index in [1.165, 1.54) is 0 Å². The smallest absolute Gasteiger partial charge is 0.255 e. The van der Waals surface area contributed by atoms with Crippen molar-refractivity contribution in [2.45, 2.75) is 6.04 Å². The van der Waals surface area contributed by atoms with Crippen LogP contribution in [0.4, 0.5) is 0 Å². The van der Waals surface area contributed by atoms with Crippen molar-refractivity contribution in [1.29, 1.82) is 0 Å². The second kappa shape index (κ2) is 10.9. The number of hydrogen-bond acceptors (Lipinski definition) is 6. The van der Waals surface area contributed by atoms with Crippen LogP contribution in [0, 0.1) is 0 Å².